The maximum Gasteiger partial charge on any atom is 0.0684 e. The maximum atomic E-state index is 9.74. The lowest BCUT2D eigenvalue weighted by atomic mass is 10.0. The minimum absolute atomic E-state index is 0.00330. The van der Waals surface area contributed by atoms with Crippen molar-refractivity contribution in [3.05, 3.63) is 167 Å². The third-order valence-electron chi connectivity index (χ3n) is 9.06. The molecule has 6 aromatic carbocycles. The second-order valence-electron chi connectivity index (χ2n) is 12.1. The van der Waals surface area contributed by atoms with Gasteiger partial charge in [0, 0.05) is 34.1 Å². The van der Waals surface area contributed by atoms with Crippen molar-refractivity contribution in [2.75, 3.05) is 9.80 Å². The first kappa shape index (κ1) is 32.7. The van der Waals surface area contributed by atoms with Gasteiger partial charge in [-0.3, -0.25) is 0 Å². The van der Waals surface area contributed by atoms with Gasteiger partial charge in [0.2, 0.25) is 0 Å². The van der Waals surface area contributed by atoms with Gasteiger partial charge in [-0.2, -0.15) is 0 Å². The van der Waals surface area contributed by atoms with E-state index in [0.29, 0.717) is 0 Å². The highest BCUT2D eigenvalue weighted by molar-refractivity contribution is 5.81. The van der Waals surface area contributed by atoms with E-state index in [4.69, 9.17) is 0 Å². The molecule has 0 aliphatic rings. The van der Waals surface area contributed by atoms with Gasteiger partial charge in [0.25, 0.3) is 0 Å². The molecule has 0 heterocycles. The molecule has 0 fully saturated rings. The Hall–Kier alpha value is -5.20. The molecule has 3 N–H and O–H groups in total. The average molecular weight is 635 g/mol. The Bertz CT molecular complexity index is 1820. The summed E-state index contributed by atoms with van der Waals surface area (Å²) in [4.78, 5) is 4.44. The van der Waals surface area contributed by atoms with Crippen molar-refractivity contribution in [2.45, 2.75) is 47.0 Å². The quantitative estimate of drug-likeness (QED) is 0.132. The lowest BCUT2D eigenvalue weighted by Gasteiger charge is -2.27. The Morgan fingerprint density at radius 3 is 1.04 bits per heavy atom. The van der Waals surface area contributed by atoms with Crippen LogP contribution < -0.4 is 9.80 Å². The first-order valence-electron chi connectivity index (χ1n) is 16.4. The minimum atomic E-state index is -0.00337. The number of benzene rings is 6. The number of rotatable bonds is 11. The molecule has 0 amide bonds. The Morgan fingerprint density at radius 2 is 0.729 bits per heavy atom. The Morgan fingerprint density at radius 1 is 0.396 bits per heavy atom. The molecule has 0 bridgehead atoms. The molecular weight excluding hydrogens is 592 g/mol. The molecule has 0 aliphatic heterocycles. The van der Waals surface area contributed by atoms with E-state index in [1.807, 2.05) is 55.5 Å². The van der Waals surface area contributed by atoms with Gasteiger partial charge >= 0.3 is 0 Å². The molecule has 0 saturated carbocycles. The molecule has 0 unspecified atom stereocenters. The van der Waals surface area contributed by atoms with Crippen LogP contribution in [0, 0.1) is 13.8 Å². The van der Waals surface area contributed by atoms with Crippen molar-refractivity contribution in [3.63, 3.8) is 0 Å². The fourth-order valence-corrected chi connectivity index (χ4v) is 6.21. The number of anilines is 6. The molecule has 5 nitrogen and oxygen atoms in total. The van der Waals surface area contributed by atoms with Gasteiger partial charge in [0.1, 0.15) is 0 Å². The highest BCUT2D eigenvalue weighted by Crippen LogP contribution is 2.39. The molecule has 0 aliphatic carbocycles. The van der Waals surface area contributed by atoms with Gasteiger partial charge in [0.15, 0.2) is 0 Å². The lowest BCUT2D eigenvalue weighted by Crippen LogP contribution is -2.11. The number of aliphatic hydroxyl groups is 3. The van der Waals surface area contributed by atoms with Crippen molar-refractivity contribution in [3.8, 4) is 11.1 Å². The van der Waals surface area contributed by atoms with Crippen LogP contribution in [0.25, 0.3) is 11.1 Å². The molecule has 0 radical (unpaired) electrons. The van der Waals surface area contributed by atoms with E-state index < -0.39 is 0 Å². The molecule has 48 heavy (non-hydrogen) atoms. The van der Waals surface area contributed by atoms with Crippen molar-refractivity contribution < 1.29 is 15.3 Å². The second kappa shape index (κ2) is 14.7. The van der Waals surface area contributed by atoms with E-state index in [-0.39, 0.29) is 19.8 Å². The zero-order chi connectivity index (χ0) is 33.6. The number of hydrogen-bond acceptors (Lipinski definition) is 5. The summed E-state index contributed by atoms with van der Waals surface area (Å²) >= 11 is 0. The standard InChI is InChI=1S/C43H42N2O3/c1-4-34-9-23-42(25-30(34)2)44(38-15-5-32(27-46)6-16-38)40-19-10-35(11-20-40)36-12-21-41(22-13-36)45(39-17-7-33(28-47)8-18-39)43-24-14-37(29-48)31(3)26-43/h5-26,46-48H,4,27-29H2,1-3H3. The highest BCUT2D eigenvalue weighted by atomic mass is 16.3. The number of hydrogen-bond donors (Lipinski definition) is 3. The second-order valence-corrected chi connectivity index (χ2v) is 12.1. The molecule has 0 aromatic heterocycles. The van der Waals surface area contributed by atoms with Crippen LogP contribution in [-0.4, -0.2) is 15.3 Å². The van der Waals surface area contributed by atoms with Gasteiger partial charge in [-0.1, -0.05) is 67.6 Å². The van der Waals surface area contributed by atoms with Crippen molar-refractivity contribution in [1.29, 1.82) is 0 Å². The van der Waals surface area contributed by atoms with Gasteiger partial charge in [-0.15, -0.1) is 0 Å². The zero-order valence-electron chi connectivity index (χ0n) is 27.8. The summed E-state index contributed by atoms with van der Waals surface area (Å²) in [6, 6.07) is 45.9. The topological polar surface area (TPSA) is 67.2 Å². The molecule has 242 valence electrons. The molecule has 0 spiro atoms. The Balaban J connectivity index is 1.33. The van der Waals surface area contributed by atoms with E-state index >= 15 is 0 Å². The molecule has 0 saturated heterocycles. The Kier molecular flexibility index (Phi) is 10.0. The number of aryl methyl sites for hydroxylation is 3. The van der Waals surface area contributed by atoms with E-state index in [1.54, 1.807) is 0 Å². The summed E-state index contributed by atoms with van der Waals surface area (Å²) in [6.45, 7) is 6.38. The highest BCUT2D eigenvalue weighted by Gasteiger charge is 2.16. The zero-order valence-corrected chi connectivity index (χ0v) is 27.8. The molecule has 6 aromatic rings. The van der Waals surface area contributed by atoms with Crippen LogP contribution in [-0.2, 0) is 26.2 Å². The van der Waals surface area contributed by atoms with Gasteiger partial charge in [0.05, 0.1) is 19.8 Å². The third-order valence-corrected chi connectivity index (χ3v) is 9.06. The van der Waals surface area contributed by atoms with Crippen molar-refractivity contribution in [2.24, 2.45) is 0 Å². The minimum Gasteiger partial charge on any atom is -0.392 e. The number of nitrogens with zero attached hydrogens (tertiary/aromatic N) is 2. The lowest BCUT2D eigenvalue weighted by molar-refractivity contribution is 0.281. The number of aliphatic hydroxyl groups excluding tert-OH is 3. The maximum absolute atomic E-state index is 9.74. The summed E-state index contributed by atoms with van der Waals surface area (Å²) in [6.07, 6.45) is 0.994. The normalized spacial score (nSPS) is 11.0. The summed E-state index contributed by atoms with van der Waals surface area (Å²) in [5.41, 5.74) is 14.6. The smallest absolute Gasteiger partial charge is 0.0684 e. The molecule has 5 heteroatoms. The molecular formula is C43H42N2O3. The SMILES string of the molecule is CCc1ccc(N(c2ccc(CO)cc2)c2ccc(-c3ccc(N(c4ccc(CO)cc4)c4ccc(CO)c(C)c4)cc3)cc2)cc1C. The van der Waals surface area contributed by atoms with Crippen LogP contribution in [0.5, 0.6) is 0 Å². The fraction of sp³-hybridized carbons (Fsp3) is 0.163. The fourth-order valence-electron chi connectivity index (χ4n) is 6.21. The van der Waals surface area contributed by atoms with Crippen molar-refractivity contribution in [1.82, 2.24) is 0 Å². The average Bonchev–Trinajstić information content (AvgIpc) is 3.13. The Labute approximate surface area is 283 Å². The van der Waals surface area contributed by atoms with Crippen LogP contribution in [0.4, 0.5) is 34.1 Å². The first-order valence-corrected chi connectivity index (χ1v) is 16.4. The van der Waals surface area contributed by atoms with E-state index in [1.165, 1.54) is 11.1 Å². The van der Waals surface area contributed by atoms with E-state index in [2.05, 4.69) is 109 Å². The summed E-state index contributed by atoms with van der Waals surface area (Å²) in [5.74, 6) is 0. The van der Waals surface area contributed by atoms with Gasteiger partial charge in [-0.25, -0.2) is 0 Å². The predicted molar refractivity (Wildman–Crippen MR) is 198 cm³/mol. The van der Waals surface area contributed by atoms with E-state index in [9.17, 15) is 15.3 Å². The van der Waals surface area contributed by atoms with Gasteiger partial charge in [-0.05, 0) is 138 Å². The first-order chi connectivity index (χ1) is 23.4. The van der Waals surface area contributed by atoms with Gasteiger partial charge < -0.3 is 25.1 Å². The largest absolute Gasteiger partial charge is 0.392 e. The summed E-state index contributed by atoms with van der Waals surface area (Å²) in [7, 11) is 0. The molecule has 6 rings (SSSR count). The van der Waals surface area contributed by atoms with E-state index in [0.717, 1.165) is 73.9 Å². The van der Waals surface area contributed by atoms with Crippen LogP contribution in [0.2, 0.25) is 0 Å². The monoisotopic (exact) mass is 634 g/mol. The third kappa shape index (κ3) is 6.90. The summed E-state index contributed by atoms with van der Waals surface area (Å²) < 4.78 is 0. The van der Waals surface area contributed by atoms with Crippen molar-refractivity contribution >= 4 is 34.1 Å². The van der Waals surface area contributed by atoms with Crippen LogP contribution in [0.3, 0.4) is 0 Å². The van der Waals surface area contributed by atoms with Crippen LogP contribution in [0.15, 0.2) is 133 Å². The van der Waals surface area contributed by atoms with Crippen LogP contribution >= 0.6 is 0 Å². The summed E-state index contributed by atoms with van der Waals surface area (Å²) in [5, 5.41) is 29.0. The van der Waals surface area contributed by atoms with Crippen LogP contribution in [0.1, 0.15) is 40.3 Å². The molecule has 0 atom stereocenters. The predicted octanol–water partition coefficient (Wildman–Crippen LogP) is 9.95.